The number of nitrogens with one attached hydrogen (secondary N) is 1. The fourth-order valence-electron chi connectivity index (χ4n) is 1.57. The van der Waals surface area contributed by atoms with Crippen molar-refractivity contribution in [2.45, 2.75) is 6.92 Å². The second-order valence-electron chi connectivity index (χ2n) is 3.63. The van der Waals surface area contributed by atoms with E-state index in [9.17, 15) is 0 Å². The number of rotatable bonds is 3. The molecule has 0 atom stereocenters. The quantitative estimate of drug-likeness (QED) is 0.726. The summed E-state index contributed by atoms with van der Waals surface area (Å²) in [6, 6.07) is 7.90. The minimum Gasteiger partial charge on any atom is -0.489 e. The molecule has 0 saturated heterocycles. The number of aryl methyl sites for hydroxylation is 1. The molecule has 1 aromatic heterocycles. The predicted octanol–water partition coefficient (Wildman–Crippen LogP) is 1.76. The van der Waals surface area contributed by atoms with Crippen LogP contribution in [-0.4, -0.2) is 35.6 Å². The minimum atomic E-state index is 0. The first-order chi connectivity index (χ1) is 8.72. The second-order valence-corrected chi connectivity index (χ2v) is 3.63. The summed E-state index contributed by atoms with van der Waals surface area (Å²) >= 11 is 0. The van der Waals surface area contributed by atoms with Crippen LogP contribution in [-0.2, 0) is 0 Å². The lowest BCUT2D eigenvalue weighted by molar-refractivity contribution is 0.194. The van der Waals surface area contributed by atoms with Crippen LogP contribution in [0.3, 0.4) is 0 Å². The van der Waals surface area contributed by atoms with Crippen molar-refractivity contribution < 1.29 is 16.5 Å². The maximum Gasteiger partial charge on any atom is 0.145 e. The molecule has 1 aromatic carbocycles. The Morgan fingerprint density at radius 2 is 2.17 bits per heavy atom. The molecule has 2 aromatic rings. The van der Waals surface area contributed by atoms with E-state index in [0.717, 1.165) is 22.2 Å². The third-order valence-corrected chi connectivity index (χ3v) is 2.16. The van der Waals surface area contributed by atoms with E-state index in [2.05, 4.69) is 11.1 Å². The van der Waals surface area contributed by atoms with Gasteiger partial charge in [0, 0.05) is 20.1 Å². The van der Waals surface area contributed by atoms with Gasteiger partial charge >= 0.3 is 0 Å². The van der Waals surface area contributed by atoms with Crippen molar-refractivity contribution >= 4 is 10.9 Å². The third kappa shape index (κ3) is 3.96. The smallest absolute Gasteiger partial charge is 0.145 e. The predicted molar refractivity (Wildman–Crippen MR) is 72.0 cm³/mol. The summed E-state index contributed by atoms with van der Waals surface area (Å²) < 4.78 is 5.44. The molecule has 0 aliphatic rings. The van der Waals surface area contributed by atoms with E-state index in [1.54, 1.807) is 11.7 Å². The zero-order chi connectivity index (χ0) is 13.4. The highest BCUT2D eigenvalue weighted by Crippen LogP contribution is 2.25. The standard InChI is InChI=1S/C12H13NO2.CH5NO.H2/c1-9-7-10-3-2-4-13-12(10)11(8-9)15-6-5-14;1-2-3;/h2-4,7-8,14H,5-6H2,1H3;2-3H,1H3;1H. The fraction of sp³-hybridized carbons (Fsp3) is 0.308. The normalized spacial score (nSPS) is 9.78. The van der Waals surface area contributed by atoms with Gasteiger partial charge in [-0.05, 0) is 30.7 Å². The Morgan fingerprint density at radius 1 is 1.44 bits per heavy atom. The van der Waals surface area contributed by atoms with Crippen molar-refractivity contribution in [2.75, 3.05) is 20.3 Å². The van der Waals surface area contributed by atoms with Crippen molar-refractivity contribution in [1.29, 1.82) is 0 Å². The van der Waals surface area contributed by atoms with E-state index in [1.807, 2.05) is 25.1 Å². The van der Waals surface area contributed by atoms with Gasteiger partial charge in [-0.2, -0.15) is 0 Å². The van der Waals surface area contributed by atoms with E-state index < -0.39 is 0 Å². The number of fused-ring (bicyclic) bond motifs is 1. The van der Waals surface area contributed by atoms with Crippen molar-refractivity contribution in [3.63, 3.8) is 0 Å². The number of aromatic nitrogens is 1. The van der Waals surface area contributed by atoms with Gasteiger partial charge in [-0.1, -0.05) is 6.07 Å². The van der Waals surface area contributed by atoms with Crippen LogP contribution in [0.25, 0.3) is 10.9 Å². The van der Waals surface area contributed by atoms with Gasteiger partial charge < -0.3 is 15.1 Å². The average molecular weight is 252 g/mol. The number of ether oxygens (including phenoxy) is 1. The molecule has 0 radical (unpaired) electrons. The zero-order valence-electron chi connectivity index (χ0n) is 10.6. The van der Waals surface area contributed by atoms with Gasteiger partial charge in [0.15, 0.2) is 0 Å². The van der Waals surface area contributed by atoms with Crippen molar-refractivity contribution in [3.8, 4) is 5.75 Å². The molecule has 0 aliphatic carbocycles. The van der Waals surface area contributed by atoms with Gasteiger partial charge in [-0.3, -0.25) is 4.98 Å². The molecule has 0 saturated carbocycles. The first-order valence-electron chi connectivity index (χ1n) is 5.62. The molecule has 2 rings (SSSR count). The molecule has 0 spiro atoms. The van der Waals surface area contributed by atoms with Crippen LogP contribution < -0.4 is 10.2 Å². The molecule has 18 heavy (non-hydrogen) atoms. The minimum absolute atomic E-state index is 0. The molecule has 5 nitrogen and oxygen atoms in total. The lowest BCUT2D eigenvalue weighted by Gasteiger charge is -2.08. The first-order valence-corrected chi connectivity index (χ1v) is 5.62. The average Bonchev–Trinajstić information content (AvgIpc) is 2.36. The molecule has 0 bridgehead atoms. The summed E-state index contributed by atoms with van der Waals surface area (Å²) in [6.45, 7) is 2.33. The van der Waals surface area contributed by atoms with Crippen LogP contribution >= 0.6 is 0 Å². The third-order valence-electron chi connectivity index (χ3n) is 2.16. The van der Waals surface area contributed by atoms with Crippen LogP contribution in [0.4, 0.5) is 0 Å². The first kappa shape index (κ1) is 14.4. The Hall–Kier alpha value is -1.69. The van der Waals surface area contributed by atoms with Gasteiger partial charge in [0.2, 0.25) is 0 Å². The summed E-state index contributed by atoms with van der Waals surface area (Å²) in [6.07, 6.45) is 1.74. The molecular weight excluding hydrogens is 232 g/mol. The number of nitrogens with zero attached hydrogens (tertiary/aromatic N) is 1. The maximum atomic E-state index is 8.72. The highest BCUT2D eigenvalue weighted by molar-refractivity contribution is 5.85. The lowest BCUT2D eigenvalue weighted by atomic mass is 10.1. The monoisotopic (exact) mass is 252 g/mol. The molecular formula is C13H20N2O3. The number of hydrogen-bond donors (Lipinski definition) is 3. The molecule has 0 aliphatic heterocycles. The SMILES string of the molecule is CNO.Cc1cc(OCCO)c2ncccc2c1.[HH]. The molecule has 100 valence electrons. The summed E-state index contributed by atoms with van der Waals surface area (Å²) in [5.74, 6) is 0.736. The molecule has 3 N–H and O–H groups in total. The molecule has 0 unspecified atom stereocenters. The van der Waals surface area contributed by atoms with E-state index in [1.165, 1.54) is 7.05 Å². The van der Waals surface area contributed by atoms with E-state index in [4.69, 9.17) is 15.1 Å². The van der Waals surface area contributed by atoms with Crippen molar-refractivity contribution in [2.24, 2.45) is 0 Å². The molecule has 0 amide bonds. The van der Waals surface area contributed by atoms with Crippen LogP contribution in [0, 0.1) is 6.92 Å². The van der Waals surface area contributed by atoms with Gasteiger partial charge in [0.05, 0.1) is 6.61 Å². The zero-order valence-corrected chi connectivity index (χ0v) is 10.6. The van der Waals surface area contributed by atoms with Gasteiger partial charge in [-0.15, -0.1) is 0 Å². The summed E-state index contributed by atoms with van der Waals surface area (Å²) in [5, 5.41) is 17.1. The highest BCUT2D eigenvalue weighted by Gasteiger charge is 2.03. The lowest BCUT2D eigenvalue weighted by Crippen LogP contribution is -2.02. The van der Waals surface area contributed by atoms with Crippen molar-refractivity contribution in [1.82, 2.24) is 10.5 Å². The van der Waals surface area contributed by atoms with E-state index >= 15 is 0 Å². The van der Waals surface area contributed by atoms with E-state index in [0.29, 0.717) is 6.61 Å². The number of hydroxylamine groups is 1. The second kappa shape index (κ2) is 7.60. The Kier molecular flexibility index (Phi) is 6.07. The maximum absolute atomic E-state index is 8.72. The topological polar surface area (TPSA) is 74.6 Å². The Morgan fingerprint density at radius 3 is 2.83 bits per heavy atom. The summed E-state index contributed by atoms with van der Waals surface area (Å²) in [7, 11) is 1.43. The van der Waals surface area contributed by atoms with Crippen LogP contribution in [0.5, 0.6) is 5.75 Å². The molecule has 5 heteroatoms. The fourth-order valence-corrected chi connectivity index (χ4v) is 1.57. The van der Waals surface area contributed by atoms with Gasteiger partial charge in [0.1, 0.15) is 17.9 Å². The highest BCUT2D eigenvalue weighted by atomic mass is 16.5. The number of aliphatic hydroxyl groups is 1. The Balaban J connectivity index is 0.000000742. The molecule has 0 fully saturated rings. The summed E-state index contributed by atoms with van der Waals surface area (Å²) in [4.78, 5) is 4.27. The van der Waals surface area contributed by atoms with Crippen LogP contribution in [0.15, 0.2) is 30.5 Å². The molecule has 1 heterocycles. The van der Waals surface area contributed by atoms with Crippen LogP contribution in [0.2, 0.25) is 0 Å². The summed E-state index contributed by atoms with van der Waals surface area (Å²) in [5.41, 5.74) is 3.72. The van der Waals surface area contributed by atoms with E-state index in [-0.39, 0.29) is 8.03 Å². The largest absolute Gasteiger partial charge is 0.489 e. The number of benzene rings is 1. The van der Waals surface area contributed by atoms with Crippen molar-refractivity contribution in [3.05, 3.63) is 36.0 Å². The van der Waals surface area contributed by atoms with Gasteiger partial charge in [0.25, 0.3) is 0 Å². The number of pyridine rings is 1. The Bertz CT molecular complexity index is 494. The number of hydrogen-bond acceptors (Lipinski definition) is 5. The van der Waals surface area contributed by atoms with Crippen LogP contribution in [0.1, 0.15) is 6.99 Å². The Labute approximate surface area is 107 Å². The number of aliphatic hydroxyl groups excluding tert-OH is 1. The van der Waals surface area contributed by atoms with Gasteiger partial charge in [-0.25, -0.2) is 5.48 Å².